The van der Waals surface area contributed by atoms with E-state index in [1.165, 1.54) is 17.7 Å². The molecule has 3 amide bonds. The zero-order chi connectivity index (χ0) is 20.4. The summed E-state index contributed by atoms with van der Waals surface area (Å²) in [7, 11) is 0. The number of imide groups is 1. The Morgan fingerprint density at radius 2 is 1.66 bits per heavy atom. The molecule has 0 spiro atoms. The molecule has 1 atom stereocenters. The van der Waals surface area contributed by atoms with Gasteiger partial charge in [0.15, 0.2) is 6.61 Å². The molecular formula is C22H20N2O5. The quantitative estimate of drug-likeness (QED) is 0.621. The summed E-state index contributed by atoms with van der Waals surface area (Å²) < 4.78 is 4.99. The van der Waals surface area contributed by atoms with Crippen molar-refractivity contribution < 1.29 is 23.9 Å². The summed E-state index contributed by atoms with van der Waals surface area (Å²) >= 11 is 0. The number of carbonyl (C=O) groups excluding carboxylic acids is 4. The number of rotatable bonds is 5. The van der Waals surface area contributed by atoms with Crippen LogP contribution < -0.4 is 5.32 Å². The minimum atomic E-state index is -0.807. The molecule has 1 aliphatic heterocycles. The van der Waals surface area contributed by atoms with E-state index in [-0.39, 0.29) is 17.2 Å². The third kappa shape index (κ3) is 3.76. The van der Waals surface area contributed by atoms with Crippen molar-refractivity contribution in [1.29, 1.82) is 0 Å². The zero-order valence-electron chi connectivity index (χ0n) is 15.7. The summed E-state index contributed by atoms with van der Waals surface area (Å²) in [6.07, 6.45) is 2.78. The van der Waals surface area contributed by atoms with Crippen LogP contribution in [-0.2, 0) is 20.7 Å². The van der Waals surface area contributed by atoms with Crippen LogP contribution in [0.2, 0.25) is 0 Å². The van der Waals surface area contributed by atoms with E-state index in [0.717, 1.165) is 29.7 Å². The van der Waals surface area contributed by atoms with Gasteiger partial charge in [0.1, 0.15) is 6.54 Å². The third-order valence-electron chi connectivity index (χ3n) is 5.23. The highest BCUT2D eigenvalue weighted by atomic mass is 16.5. The molecule has 29 heavy (non-hydrogen) atoms. The molecule has 1 N–H and O–H groups in total. The SMILES string of the molecule is O=C(COC(=O)CN1C(=O)c2ccccc2C1=O)N[C@H]1CCCc2ccccc21. The van der Waals surface area contributed by atoms with Gasteiger partial charge in [-0.1, -0.05) is 36.4 Å². The molecule has 0 saturated heterocycles. The van der Waals surface area contributed by atoms with Crippen LogP contribution in [-0.4, -0.2) is 41.7 Å². The molecule has 0 bridgehead atoms. The van der Waals surface area contributed by atoms with Crippen molar-refractivity contribution in [3.05, 3.63) is 70.8 Å². The molecule has 1 heterocycles. The number of ether oxygens (including phenoxy) is 1. The lowest BCUT2D eigenvalue weighted by molar-refractivity contribution is -0.148. The fourth-order valence-corrected chi connectivity index (χ4v) is 3.84. The van der Waals surface area contributed by atoms with Crippen LogP contribution >= 0.6 is 0 Å². The maximum atomic E-state index is 12.3. The zero-order valence-corrected chi connectivity index (χ0v) is 15.7. The van der Waals surface area contributed by atoms with E-state index in [4.69, 9.17) is 4.74 Å². The maximum Gasteiger partial charge on any atom is 0.326 e. The summed E-state index contributed by atoms with van der Waals surface area (Å²) in [4.78, 5) is 49.7. The van der Waals surface area contributed by atoms with Crippen LogP contribution in [0.4, 0.5) is 0 Å². The normalized spacial score (nSPS) is 17.5. The van der Waals surface area contributed by atoms with Gasteiger partial charge < -0.3 is 10.1 Å². The van der Waals surface area contributed by atoms with E-state index in [1.54, 1.807) is 12.1 Å². The van der Waals surface area contributed by atoms with Crippen LogP contribution in [0.1, 0.15) is 50.7 Å². The minimum absolute atomic E-state index is 0.109. The predicted octanol–water partition coefficient (Wildman–Crippen LogP) is 2.02. The first-order valence-electron chi connectivity index (χ1n) is 9.52. The Morgan fingerprint density at radius 3 is 2.38 bits per heavy atom. The van der Waals surface area contributed by atoms with Crippen molar-refractivity contribution in [2.24, 2.45) is 0 Å². The van der Waals surface area contributed by atoms with Gasteiger partial charge in [-0.3, -0.25) is 24.1 Å². The number of amides is 3. The Balaban J connectivity index is 1.30. The first-order chi connectivity index (χ1) is 14.0. The Bertz CT molecular complexity index is 965. The molecule has 0 unspecified atom stereocenters. The van der Waals surface area contributed by atoms with Gasteiger partial charge in [0.2, 0.25) is 0 Å². The van der Waals surface area contributed by atoms with Crippen molar-refractivity contribution in [1.82, 2.24) is 10.2 Å². The number of esters is 1. The largest absolute Gasteiger partial charge is 0.454 e. The lowest BCUT2D eigenvalue weighted by atomic mass is 9.88. The molecule has 148 valence electrons. The molecule has 0 radical (unpaired) electrons. The van der Waals surface area contributed by atoms with E-state index >= 15 is 0 Å². The fourth-order valence-electron chi connectivity index (χ4n) is 3.84. The smallest absolute Gasteiger partial charge is 0.326 e. The van der Waals surface area contributed by atoms with E-state index in [0.29, 0.717) is 0 Å². The number of nitrogens with zero attached hydrogens (tertiary/aromatic N) is 1. The van der Waals surface area contributed by atoms with Gasteiger partial charge in [-0.05, 0) is 42.5 Å². The molecule has 4 rings (SSSR count). The number of hydrogen-bond donors (Lipinski definition) is 1. The predicted molar refractivity (Wildman–Crippen MR) is 103 cm³/mol. The molecular weight excluding hydrogens is 372 g/mol. The van der Waals surface area contributed by atoms with Crippen LogP contribution in [0.25, 0.3) is 0 Å². The van der Waals surface area contributed by atoms with Crippen LogP contribution in [0.3, 0.4) is 0 Å². The number of benzene rings is 2. The molecule has 0 fully saturated rings. The second-order valence-corrected chi connectivity index (χ2v) is 7.11. The molecule has 7 heteroatoms. The number of aryl methyl sites for hydroxylation is 1. The Kier molecular flexibility index (Phi) is 5.12. The summed E-state index contributed by atoms with van der Waals surface area (Å²) in [5.74, 6) is -2.29. The second-order valence-electron chi connectivity index (χ2n) is 7.11. The van der Waals surface area contributed by atoms with E-state index in [9.17, 15) is 19.2 Å². The van der Waals surface area contributed by atoms with E-state index in [1.807, 2.05) is 18.2 Å². The molecule has 2 aromatic carbocycles. The summed E-state index contributed by atoms with van der Waals surface area (Å²) in [6, 6.07) is 14.2. The summed E-state index contributed by atoms with van der Waals surface area (Å²) in [5.41, 5.74) is 2.83. The monoisotopic (exact) mass is 392 g/mol. The Hall–Kier alpha value is -3.48. The molecule has 1 aliphatic carbocycles. The van der Waals surface area contributed by atoms with Gasteiger partial charge in [0, 0.05) is 0 Å². The van der Waals surface area contributed by atoms with Crippen molar-refractivity contribution >= 4 is 23.7 Å². The third-order valence-corrected chi connectivity index (χ3v) is 5.23. The first kappa shape index (κ1) is 18.9. The summed E-state index contributed by atoms with van der Waals surface area (Å²) in [6.45, 7) is -0.980. The Labute approximate surface area is 167 Å². The number of carbonyl (C=O) groups is 4. The standard InChI is InChI=1S/C22H20N2O5/c25-19(23-18-11-5-7-14-6-1-2-8-15(14)18)13-29-20(26)12-24-21(27)16-9-3-4-10-17(16)22(24)28/h1-4,6,8-10,18H,5,7,11-13H2,(H,23,25)/t18-/m0/s1. The highest BCUT2D eigenvalue weighted by Crippen LogP contribution is 2.29. The lowest BCUT2D eigenvalue weighted by Gasteiger charge is -2.26. The van der Waals surface area contributed by atoms with Gasteiger partial charge >= 0.3 is 5.97 Å². The van der Waals surface area contributed by atoms with Crippen molar-refractivity contribution in [2.75, 3.05) is 13.2 Å². The van der Waals surface area contributed by atoms with Crippen LogP contribution in [0.5, 0.6) is 0 Å². The van der Waals surface area contributed by atoms with Crippen LogP contribution in [0, 0.1) is 0 Å². The highest BCUT2D eigenvalue weighted by Gasteiger charge is 2.36. The van der Waals surface area contributed by atoms with Gasteiger partial charge in [-0.2, -0.15) is 0 Å². The number of nitrogens with one attached hydrogen (secondary N) is 1. The van der Waals surface area contributed by atoms with Gasteiger partial charge in [-0.15, -0.1) is 0 Å². The molecule has 7 nitrogen and oxygen atoms in total. The average molecular weight is 392 g/mol. The molecule has 2 aromatic rings. The fraction of sp³-hybridized carbons (Fsp3) is 0.273. The summed E-state index contributed by atoms with van der Waals surface area (Å²) in [5, 5.41) is 2.89. The molecule has 0 aromatic heterocycles. The number of hydrogen-bond acceptors (Lipinski definition) is 5. The van der Waals surface area contributed by atoms with Gasteiger partial charge in [-0.25, -0.2) is 0 Å². The second kappa shape index (κ2) is 7.87. The van der Waals surface area contributed by atoms with Crippen molar-refractivity contribution in [3.8, 4) is 0 Å². The van der Waals surface area contributed by atoms with Gasteiger partial charge in [0.25, 0.3) is 17.7 Å². The van der Waals surface area contributed by atoms with E-state index < -0.39 is 36.8 Å². The van der Waals surface area contributed by atoms with Gasteiger partial charge in [0.05, 0.1) is 17.2 Å². The lowest BCUT2D eigenvalue weighted by Crippen LogP contribution is -2.38. The maximum absolute atomic E-state index is 12.3. The van der Waals surface area contributed by atoms with Crippen molar-refractivity contribution in [2.45, 2.75) is 25.3 Å². The Morgan fingerprint density at radius 1 is 1.00 bits per heavy atom. The first-order valence-corrected chi connectivity index (χ1v) is 9.52. The molecule has 2 aliphatic rings. The highest BCUT2D eigenvalue weighted by molar-refractivity contribution is 6.22. The minimum Gasteiger partial charge on any atom is -0.454 e. The van der Waals surface area contributed by atoms with Crippen LogP contribution in [0.15, 0.2) is 48.5 Å². The van der Waals surface area contributed by atoms with E-state index in [2.05, 4.69) is 11.4 Å². The molecule has 0 saturated carbocycles. The van der Waals surface area contributed by atoms with Crippen molar-refractivity contribution in [3.63, 3.8) is 0 Å². The average Bonchev–Trinajstić information content (AvgIpc) is 2.98. The topological polar surface area (TPSA) is 92.8 Å². The number of fused-ring (bicyclic) bond motifs is 2.